The third-order valence-electron chi connectivity index (χ3n) is 3.14. The smallest absolute Gasteiger partial charge is 0.241 e. The second-order valence-electron chi connectivity index (χ2n) is 4.92. The molecule has 20 heavy (non-hydrogen) atoms. The van der Waals surface area contributed by atoms with Gasteiger partial charge in [0.25, 0.3) is 0 Å². The fraction of sp³-hybridized carbons (Fsp3) is 0.500. The number of carbonyl (C=O) groups excluding carboxylic acids is 2. The van der Waals surface area contributed by atoms with E-state index in [9.17, 15) is 9.59 Å². The van der Waals surface area contributed by atoms with Crippen LogP contribution in [0.3, 0.4) is 0 Å². The first kappa shape index (κ1) is 14.8. The maximum Gasteiger partial charge on any atom is 0.241 e. The van der Waals surface area contributed by atoms with Crippen LogP contribution in [0.5, 0.6) is 0 Å². The van der Waals surface area contributed by atoms with Crippen molar-refractivity contribution in [3.8, 4) is 0 Å². The molecule has 0 aromatic carbocycles. The van der Waals surface area contributed by atoms with Crippen LogP contribution in [0.2, 0.25) is 0 Å². The third-order valence-corrected chi connectivity index (χ3v) is 4.33. The summed E-state index contributed by atoms with van der Waals surface area (Å²) in [6.07, 6.45) is 2.81. The molecule has 0 bridgehead atoms. The first-order valence-electron chi connectivity index (χ1n) is 6.67. The van der Waals surface area contributed by atoms with Crippen LogP contribution in [0.4, 0.5) is 5.69 Å². The first-order valence-corrected chi connectivity index (χ1v) is 7.55. The minimum absolute atomic E-state index is 0.00699. The van der Waals surface area contributed by atoms with E-state index in [1.807, 2.05) is 19.1 Å². The van der Waals surface area contributed by atoms with Gasteiger partial charge in [-0.1, -0.05) is 18.7 Å². The lowest BCUT2D eigenvalue weighted by Gasteiger charge is -2.32. The largest absolute Gasteiger partial charge is 0.349 e. The third kappa shape index (κ3) is 2.95. The van der Waals surface area contributed by atoms with Crippen molar-refractivity contribution < 1.29 is 9.59 Å². The Hall–Kier alpha value is -1.56. The summed E-state index contributed by atoms with van der Waals surface area (Å²) in [5, 5.41) is 0.455. The molecule has 0 saturated carbocycles. The van der Waals surface area contributed by atoms with Gasteiger partial charge in [0.2, 0.25) is 11.8 Å². The van der Waals surface area contributed by atoms with Gasteiger partial charge >= 0.3 is 0 Å². The molecule has 2 heterocycles. The zero-order valence-electron chi connectivity index (χ0n) is 12.0. The van der Waals surface area contributed by atoms with E-state index in [-0.39, 0.29) is 23.5 Å². The minimum Gasteiger partial charge on any atom is -0.349 e. The lowest BCUT2D eigenvalue weighted by molar-refractivity contribution is -0.130. The summed E-state index contributed by atoms with van der Waals surface area (Å²) < 4.78 is 0. The van der Waals surface area contributed by atoms with E-state index in [1.165, 1.54) is 16.7 Å². The van der Waals surface area contributed by atoms with Gasteiger partial charge in [-0.3, -0.25) is 9.59 Å². The van der Waals surface area contributed by atoms with Crippen molar-refractivity contribution in [1.29, 1.82) is 0 Å². The summed E-state index contributed by atoms with van der Waals surface area (Å²) in [6, 6.07) is 3.74. The highest BCUT2D eigenvalue weighted by Crippen LogP contribution is 2.38. The van der Waals surface area contributed by atoms with Crippen LogP contribution < -0.4 is 4.90 Å². The molecule has 0 aliphatic carbocycles. The maximum atomic E-state index is 12.5. The Kier molecular flexibility index (Phi) is 4.65. The van der Waals surface area contributed by atoms with Gasteiger partial charge in [0, 0.05) is 33.3 Å². The molecule has 0 N–H and O–H groups in total. The number of aromatic nitrogens is 1. The lowest BCUT2D eigenvalue weighted by Crippen LogP contribution is -2.43. The number of nitrogens with zero attached hydrogens (tertiary/aromatic N) is 3. The fourth-order valence-electron chi connectivity index (χ4n) is 2.08. The molecule has 2 rings (SSSR count). The number of amides is 2. The molecule has 0 fully saturated rings. The van der Waals surface area contributed by atoms with Gasteiger partial charge in [-0.2, -0.15) is 0 Å². The molecule has 1 aliphatic heterocycles. The summed E-state index contributed by atoms with van der Waals surface area (Å²) in [4.78, 5) is 32.0. The van der Waals surface area contributed by atoms with E-state index in [4.69, 9.17) is 0 Å². The van der Waals surface area contributed by atoms with E-state index in [0.29, 0.717) is 6.54 Å². The van der Waals surface area contributed by atoms with E-state index >= 15 is 0 Å². The van der Waals surface area contributed by atoms with Crippen LogP contribution in [0, 0.1) is 0 Å². The molecule has 1 aromatic heterocycles. The van der Waals surface area contributed by atoms with Crippen LogP contribution in [0.15, 0.2) is 23.4 Å². The second kappa shape index (κ2) is 6.26. The molecule has 0 saturated heterocycles. The molecular weight excluding hydrogens is 274 g/mol. The van der Waals surface area contributed by atoms with Gasteiger partial charge in [0.1, 0.15) is 5.03 Å². The quantitative estimate of drug-likeness (QED) is 0.849. The van der Waals surface area contributed by atoms with Crippen LogP contribution in [-0.4, -0.2) is 47.6 Å². The van der Waals surface area contributed by atoms with Crippen molar-refractivity contribution in [1.82, 2.24) is 9.88 Å². The molecule has 5 nitrogen and oxygen atoms in total. The Bertz CT molecular complexity index is 519. The van der Waals surface area contributed by atoms with Crippen molar-refractivity contribution in [3.05, 3.63) is 18.3 Å². The number of carbonyl (C=O) groups is 2. The molecule has 1 aromatic rings. The minimum atomic E-state index is -0.376. The van der Waals surface area contributed by atoms with E-state index in [0.717, 1.165) is 17.1 Å². The van der Waals surface area contributed by atoms with Gasteiger partial charge in [0.15, 0.2) is 0 Å². The van der Waals surface area contributed by atoms with E-state index < -0.39 is 0 Å². The maximum absolute atomic E-state index is 12.5. The Morgan fingerprint density at radius 2 is 2.25 bits per heavy atom. The number of rotatable bonds is 4. The molecule has 1 aliphatic rings. The number of pyridine rings is 1. The fourth-order valence-corrected chi connectivity index (χ4v) is 3.22. The predicted octanol–water partition coefficient (Wildman–Crippen LogP) is 1.78. The number of thioether (sulfide) groups is 1. The molecule has 0 spiro atoms. The average molecular weight is 293 g/mol. The number of hydrogen-bond acceptors (Lipinski definition) is 4. The van der Waals surface area contributed by atoms with Gasteiger partial charge < -0.3 is 9.80 Å². The predicted molar refractivity (Wildman–Crippen MR) is 79.8 cm³/mol. The van der Waals surface area contributed by atoms with Crippen molar-refractivity contribution in [2.45, 2.75) is 30.0 Å². The monoisotopic (exact) mass is 293 g/mol. The Labute approximate surface area is 123 Å². The zero-order chi connectivity index (χ0) is 14.7. The highest BCUT2D eigenvalue weighted by atomic mass is 32.2. The highest BCUT2D eigenvalue weighted by Gasteiger charge is 2.35. The molecule has 2 amide bonds. The zero-order valence-corrected chi connectivity index (χ0v) is 12.8. The Morgan fingerprint density at radius 3 is 2.90 bits per heavy atom. The van der Waals surface area contributed by atoms with Crippen LogP contribution in [0.1, 0.15) is 19.8 Å². The highest BCUT2D eigenvalue weighted by molar-refractivity contribution is 8.00. The molecule has 108 valence electrons. The number of anilines is 1. The standard InChI is InChI=1S/C14H19N3O2S/c1-4-8-17-10-6-5-7-15-13(10)20-11(14(17)19)9-12(18)16(2)3/h5-7,11H,4,8-9H2,1-3H3/t11-/m0/s1. The molecule has 1 atom stereocenters. The summed E-state index contributed by atoms with van der Waals surface area (Å²) in [5.74, 6) is -0.0285. The molecule has 6 heteroatoms. The van der Waals surface area contributed by atoms with E-state index in [2.05, 4.69) is 4.98 Å². The summed E-state index contributed by atoms with van der Waals surface area (Å²) in [5.41, 5.74) is 0.859. The van der Waals surface area contributed by atoms with Crippen molar-refractivity contribution in [2.24, 2.45) is 0 Å². The van der Waals surface area contributed by atoms with Gasteiger partial charge in [0.05, 0.1) is 10.9 Å². The summed E-state index contributed by atoms with van der Waals surface area (Å²) >= 11 is 1.39. The van der Waals surface area contributed by atoms with Crippen molar-refractivity contribution >= 4 is 29.3 Å². The number of hydrogen-bond donors (Lipinski definition) is 0. The lowest BCUT2D eigenvalue weighted by atomic mass is 10.2. The molecule has 0 unspecified atom stereocenters. The molecular formula is C14H19N3O2S. The van der Waals surface area contributed by atoms with E-state index in [1.54, 1.807) is 25.2 Å². The summed E-state index contributed by atoms with van der Waals surface area (Å²) in [6.45, 7) is 2.69. The van der Waals surface area contributed by atoms with Gasteiger partial charge in [-0.15, -0.1) is 0 Å². The average Bonchev–Trinajstić information content (AvgIpc) is 2.43. The van der Waals surface area contributed by atoms with Crippen molar-refractivity contribution in [3.63, 3.8) is 0 Å². The van der Waals surface area contributed by atoms with Gasteiger partial charge in [-0.25, -0.2) is 4.98 Å². The normalized spacial score (nSPS) is 17.9. The summed E-state index contributed by atoms with van der Waals surface area (Å²) in [7, 11) is 3.41. The SMILES string of the molecule is CCCN1C(=O)[C@H](CC(=O)N(C)C)Sc2ncccc21. The number of fused-ring (bicyclic) bond motifs is 1. The Balaban J connectivity index is 2.26. The second-order valence-corrected chi connectivity index (χ2v) is 6.11. The van der Waals surface area contributed by atoms with Crippen LogP contribution in [-0.2, 0) is 9.59 Å². The first-order chi connectivity index (χ1) is 9.54. The van der Waals surface area contributed by atoms with Crippen LogP contribution >= 0.6 is 11.8 Å². The van der Waals surface area contributed by atoms with Crippen LogP contribution in [0.25, 0.3) is 0 Å². The van der Waals surface area contributed by atoms with Gasteiger partial charge in [-0.05, 0) is 18.6 Å². The topological polar surface area (TPSA) is 53.5 Å². The van der Waals surface area contributed by atoms with Crippen molar-refractivity contribution in [2.75, 3.05) is 25.5 Å². The molecule has 0 radical (unpaired) electrons. The Morgan fingerprint density at radius 1 is 1.50 bits per heavy atom.